The molecule has 1 aliphatic heterocycles. The summed E-state index contributed by atoms with van der Waals surface area (Å²) in [7, 11) is 0. The molecule has 47 heavy (non-hydrogen) atoms. The van der Waals surface area contributed by atoms with Crippen LogP contribution in [-0.2, 0) is 30.7 Å². The lowest BCUT2D eigenvalue weighted by atomic mass is 9.88. The van der Waals surface area contributed by atoms with Gasteiger partial charge in [-0.15, -0.1) is 18.3 Å². The molecular weight excluding hydrogens is 622 g/mol. The lowest BCUT2D eigenvalue weighted by molar-refractivity contribution is -0.274. The van der Waals surface area contributed by atoms with Gasteiger partial charge in [0.2, 0.25) is 0 Å². The molecule has 2 aliphatic rings. The van der Waals surface area contributed by atoms with Gasteiger partial charge in [-0.3, -0.25) is 9.48 Å². The number of aromatic nitrogens is 5. The summed E-state index contributed by atoms with van der Waals surface area (Å²) in [5.41, 5.74) is 3.59. The van der Waals surface area contributed by atoms with E-state index in [4.69, 9.17) is 4.74 Å². The fourth-order valence-corrected chi connectivity index (χ4v) is 5.57. The van der Waals surface area contributed by atoms with E-state index < -0.39 is 29.4 Å². The number of allylic oxidation sites excluding steroid dienone is 1. The minimum atomic E-state index is -4.92. The number of fused-ring (bicyclic) bond motifs is 1. The maximum absolute atomic E-state index is 14.0. The van der Waals surface area contributed by atoms with Gasteiger partial charge in [0.15, 0.2) is 5.69 Å². The van der Waals surface area contributed by atoms with E-state index in [9.17, 15) is 27.2 Å². The van der Waals surface area contributed by atoms with Gasteiger partial charge >= 0.3 is 12.5 Å². The molecule has 252 valence electrons. The summed E-state index contributed by atoms with van der Waals surface area (Å²) in [6, 6.07) is 4.64. The molecule has 0 unspecified atom stereocenters. The van der Waals surface area contributed by atoms with Gasteiger partial charge in [-0.25, -0.2) is 9.18 Å². The number of halogens is 4. The standard InChI is InChI=1S/C32H37F4N7O4/c1-31(2,3)47-30(45)42-12-9-20(10-13-42)21-14-22-15-24(38-39-27(22)17-21)6-4-5-11-43-19-28(40-41-43)29(44)37-18-23-16-25(7-8-26(23)33)46-32(34,35)36/h7-8,14-16,19-20H,4-6,9-13,17-18H2,1-3H3,(H,37,44). The summed E-state index contributed by atoms with van der Waals surface area (Å²) < 4.78 is 62.3. The topological polar surface area (TPSA) is 124 Å². The summed E-state index contributed by atoms with van der Waals surface area (Å²) in [5.74, 6) is -1.63. The highest BCUT2D eigenvalue weighted by Gasteiger charge is 2.32. The van der Waals surface area contributed by atoms with Gasteiger partial charge in [0.25, 0.3) is 5.91 Å². The number of carbonyl (C=O) groups is 2. The fraction of sp³-hybridized carbons (Fsp3) is 0.500. The van der Waals surface area contributed by atoms with E-state index >= 15 is 0 Å². The van der Waals surface area contributed by atoms with Crippen molar-refractivity contribution in [3.05, 3.63) is 70.1 Å². The smallest absolute Gasteiger partial charge is 0.444 e. The molecule has 1 saturated heterocycles. The lowest BCUT2D eigenvalue weighted by Crippen LogP contribution is -2.42. The Morgan fingerprint density at radius 1 is 1.04 bits per heavy atom. The highest BCUT2D eigenvalue weighted by molar-refractivity contribution is 5.91. The van der Waals surface area contributed by atoms with Gasteiger partial charge in [-0.05, 0) is 88.6 Å². The SMILES string of the molecule is CC(C)(C)OC(=O)N1CCC(C2=Cc3cc(CCCCn4cc(C(=O)NCc5cc(OC(F)(F)F)ccc5F)nn4)nnc3C2)CC1. The maximum Gasteiger partial charge on any atom is 0.573 e. The van der Waals surface area contributed by atoms with Crippen molar-refractivity contribution < 1.29 is 36.6 Å². The normalized spacial score (nSPS) is 15.3. The third-order valence-corrected chi connectivity index (χ3v) is 7.87. The second kappa shape index (κ2) is 14.1. The zero-order valence-corrected chi connectivity index (χ0v) is 26.4. The first kappa shape index (κ1) is 33.8. The first-order valence-corrected chi connectivity index (χ1v) is 15.5. The van der Waals surface area contributed by atoms with Crippen molar-refractivity contribution in [1.82, 2.24) is 35.4 Å². The zero-order chi connectivity index (χ0) is 33.8. The minimum Gasteiger partial charge on any atom is -0.444 e. The molecule has 1 N–H and O–H groups in total. The second-order valence-corrected chi connectivity index (χ2v) is 12.7. The lowest BCUT2D eigenvalue weighted by Gasteiger charge is -2.34. The van der Waals surface area contributed by atoms with E-state index in [0.29, 0.717) is 32.0 Å². The molecular formula is C32H37F4N7O4. The average molecular weight is 660 g/mol. The zero-order valence-electron chi connectivity index (χ0n) is 26.4. The van der Waals surface area contributed by atoms with Crippen LogP contribution in [0, 0.1) is 11.7 Å². The molecule has 2 aromatic heterocycles. The number of ether oxygens (including phenoxy) is 2. The van der Waals surface area contributed by atoms with Crippen molar-refractivity contribution >= 4 is 18.1 Å². The molecule has 0 spiro atoms. The molecule has 2 amide bonds. The van der Waals surface area contributed by atoms with E-state index in [1.54, 1.807) is 4.90 Å². The third kappa shape index (κ3) is 9.48. The molecule has 3 aromatic rings. The first-order valence-electron chi connectivity index (χ1n) is 15.5. The van der Waals surface area contributed by atoms with Crippen LogP contribution in [-0.4, -0.2) is 67.1 Å². The van der Waals surface area contributed by atoms with Crippen molar-refractivity contribution in [2.45, 2.75) is 84.3 Å². The van der Waals surface area contributed by atoms with Crippen LogP contribution in [0.3, 0.4) is 0 Å². The predicted octanol–water partition coefficient (Wildman–Crippen LogP) is 5.65. The number of aryl methyl sites for hydroxylation is 2. The van der Waals surface area contributed by atoms with Crippen molar-refractivity contribution in [2.24, 2.45) is 5.92 Å². The van der Waals surface area contributed by atoms with Crippen LogP contribution in [0.4, 0.5) is 22.4 Å². The highest BCUT2D eigenvalue weighted by Crippen LogP contribution is 2.34. The average Bonchev–Trinajstić information content (AvgIpc) is 3.65. The number of carbonyl (C=O) groups excluding carboxylic acids is 2. The number of unbranched alkanes of at least 4 members (excludes halogenated alkanes) is 1. The van der Waals surface area contributed by atoms with Gasteiger partial charge in [0.05, 0.1) is 17.6 Å². The maximum atomic E-state index is 14.0. The second-order valence-electron chi connectivity index (χ2n) is 12.7. The number of hydrogen-bond donors (Lipinski definition) is 1. The molecule has 5 rings (SSSR count). The Bertz CT molecular complexity index is 1630. The van der Waals surface area contributed by atoms with Gasteiger partial charge in [-0.2, -0.15) is 10.2 Å². The van der Waals surface area contributed by atoms with Crippen LogP contribution in [0.1, 0.15) is 79.5 Å². The number of piperidine rings is 1. The van der Waals surface area contributed by atoms with Gasteiger partial charge in [0, 0.05) is 38.2 Å². The van der Waals surface area contributed by atoms with Crippen LogP contribution in [0.25, 0.3) is 6.08 Å². The molecule has 1 aromatic carbocycles. The Morgan fingerprint density at radius 2 is 1.81 bits per heavy atom. The third-order valence-electron chi connectivity index (χ3n) is 7.87. The number of alkyl halides is 3. The summed E-state index contributed by atoms with van der Waals surface area (Å²) >= 11 is 0. The van der Waals surface area contributed by atoms with E-state index in [-0.39, 0.29) is 23.9 Å². The van der Waals surface area contributed by atoms with Crippen LogP contribution >= 0.6 is 0 Å². The summed E-state index contributed by atoms with van der Waals surface area (Å²) in [5, 5.41) is 19.1. The van der Waals surface area contributed by atoms with Crippen molar-refractivity contribution in [3.8, 4) is 5.75 Å². The molecule has 1 aliphatic carbocycles. The Balaban J connectivity index is 1.05. The predicted molar refractivity (Wildman–Crippen MR) is 161 cm³/mol. The minimum absolute atomic E-state index is 0.00398. The molecule has 0 radical (unpaired) electrons. The summed E-state index contributed by atoms with van der Waals surface area (Å²) in [6.07, 6.45) is 3.28. The number of likely N-dealkylation sites (tertiary alicyclic amines) is 1. The quantitative estimate of drug-likeness (QED) is 0.219. The van der Waals surface area contributed by atoms with E-state index in [1.807, 2.05) is 20.8 Å². The van der Waals surface area contributed by atoms with E-state index in [1.165, 1.54) is 16.5 Å². The number of nitrogens with one attached hydrogen (secondary N) is 1. The summed E-state index contributed by atoms with van der Waals surface area (Å²) in [4.78, 5) is 26.7. The molecule has 3 heterocycles. The highest BCUT2D eigenvalue weighted by atomic mass is 19.4. The number of rotatable bonds is 10. The Kier molecular flexibility index (Phi) is 10.1. The fourth-order valence-electron chi connectivity index (χ4n) is 5.57. The molecule has 15 heteroatoms. The summed E-state index contributed by atoms with van der Waals surface area (Å²) in [6.45, 7) is 7.07. The molecule has 1 fully saturated rings. The molecule has 11 nitrogen and oxygen atoms in total. The molecule has 0 saturated carbocycles. The van der Waals surface area contributed by atoms with Gasteiger partial charge in [-0.1, -0.05) is 16.9 Å². The van der Waals surface area contributed by atoms with Gasteiger partial charge in [0.1, 0.15) is 17.2 Å². The molecule has 0 bridgehead atoms. The Hall–Kier alpha value is -4.56. The number of nitrogens with zero attached hydrogens (tertiary/aromatic N) is 6. The number of amides is 2. The number of hydrogen-bond acceptors (Lipinski definition) is 8. The van der Waals surface area contributed by atoms with Crippen LogP contribution in [0.5, 0.6) is 5.75 Å². The van der Waals surface area contributed by atoms with Crippen LogP contribution in [0.15, 0.2) is 36.0 Å². The largest absolute Gasteiger partial charge is 0.573 e. The first-order chi connectivity index (χ1) is 22.2. The van der Waals surface area contributed by atoms with Crippen LogP contribution in [0.2, 0.25) is 0 Å². The van der Waals surface area contributed by atoms with Crippen molar-refractivity contribution in [2.75, 3.05) is 13.1 Å². The van der Waals surface area contributed by atoms with E-state index in [0.717, 1.165) is 67.3 Å². The van der Waals surface area contributed by atoms with Crippen molar-refractivity contribution in [1.29, 1.82) is 0 Å². The number of benzene rings is 1. The van der Waals surface area contributed by atoms with Gasteiger partial charge < -0.3 is 19.7 Å². The monoisotopic (exact) mass is 659 g/mol. The Labute approximate surface area is 269 Å². The van der Waals surface area contributed by atoms with E-state index in [2.05, 4.69) is 42.7 Å². The Morgan fingerprint density at radius 3 is 2.53 bits per heavy atom. The van der Waals surface area contributed by atoms with Crippen LogP contribution < -0.4 is 10.1 Å². The molecule has 0 atom stereocenters. The van der Waals surface area contributed by atoms with Crippen molar-refractivity contribution in [3.63, 3.8) is 0 Å².